The van der Waals surface area contributed by atoms with Crippen LogP contribution in [0.5, 0.6) is 0 Å². The van der Waals surface area contributed by atoms with Gasteiger partial charge in [-0.25, -0.2) is 4.79 Å². The van der Waals surface area contributed by atoms with E-state index in [1.165, 1.54) is 25.9 Å². The highest BCUT2D eigenvalue weighted by molar-refractivity contribution is 6.05. The molecule has 3 aliphatic carbocycles. The van der Waals surface area contributed by atoms with Gasteiger partial charge in [0, 0.05) is 6.08 Å². The Morgan fingerprint density at radius 1 is 1.29 bits per heavy atom. The van der Waals surface area contributed by atoms with Gasteiger partial charge in [0.15, 0.2) is 11.4 Å². The van der Waals surface area contributed by atoms with E-state index in [0.717, 1.165) is 25.7 Å². The van der Waals surface area contributed by atoms with Crippen molar-refractivity contribution in [2.24, 2.45) is 28.6 Å². The standard InChI is InChI=1S/C23H34O5/c1-14-8-7-9-16-15(2)21(3,10-11-22(14,16)4)12-17-19(24)18(27-5)13-23(17,26)20(25)28-6/h8,13,15-17,26H,7,9-12H2,1-6H3/t15-,16+,17+,21-,22-,23-/m1/s1. The average Bonchev–Trinajstić information content (AvgIpc) is 2.92. The molecule has 3 rings (SSSR count). The molecule has 1 fully saturated rings. The molecule has 1 N–H and O–H groups in total. The molecule has 6 atom stereocenters. The summed E-state index contributed by atoms with van der Waals surface area (Å²) in [5.41, 5.74) is -0.431. The van der Waals surface area contributed by atoms with Gasteiger partial charge in [0.25, 0.3) is 0 Å². The third-order valence-corrected chi connectivity index (χ3v) is 8.41. The van der Waals surface area contributed by atoms with Crippen LogP contribution in [0.25, 0.3) is 0 Å². The van der Waals surface area contributed by atoms with Gasteiger partial charge in [-0.1, -0.05) is 32.4 Å². The van der Waals surface area contributed by atoms with E-state index in [9.17, 15) is 14.7 Å². The van der Waals surface area contributed by atoms with Crippen molar-refractivity contribution < 1.29 is 24.2 Å². The number of carbonyl (C=O) groups excluding carboxylic acids is 2. The Labute approximate surface area is 168 Å². The highest BCUT2D eigenvalue weighted by atomic mass is 16.5. The number of hydrogen-bond donors (Lipinski definition) is 1. The zero-order valence-corrected chi connectivity index (χ0v) is 18.0. The molecule has 0 bridgehead atoms. The van der Waals surface area contributed by atoms with E-state index >= 15 is 0 Å². The average molecular weight is 391 g/mol. The molecule has 28 heavy (non-hydrogen) atoms. The molecule has 1 saturated carbocycles. The van der Waals surface area contributed by atoms with Gasteiger partial charge >= 0.3 is 5.97 Å². The molecule has 3 aliphatic rings. The van der Waals surface area contributed by atoms with Crippen molar-refractivity contribution in [3.63, 3.8) is 0 Å². The van der Waals surface area contributed by atoms with Crippen LogP contribution in [-0.4, -0.2) is 36.7 Å². The normalized spacial score (nSPS) is 43.1. The topological polar surface area (TPSA) is 72.8 Å². The summed E-state index contributed by atoms with van der Waals surface area (Å²) in [4.78, 5) is 25.3. The number of esters is 1. The van der Waals surface area contributed by atoms with Crippen LogP contribution in [0.3, 0.4) is 0 Å². The smallest absolute Gasteiger partial charge is 0.342 e. The van der Waals surface area contributed by atoms with E-state index < -0.39 is 17.5 Å². The number of carbonyl (C=O) groups is 2. The number of aliphatic hydroxyl groups is 1. The van der Waals surface area contributed by atoms with Gasteiger partial charge in [-0.3, -0.25) is 4.79 Å². The molecule has 5 nitrogen and oxygen atoms in total. The van der Waals surface area contributed by atoms with Crippen LogP contribution >= 0.6 is 0 Å². The molecular formula is C23H34O5. The zero-order valence-electron chi connectivity index (χ0n) is 18.0. The van der Waals surface area contributed by atoms with E-state index in [1.807, 2.05) is 0 Å². The largest absolute Gasteiger partial charge is 0.493 e. The quantitative estimate of drug-likeness (QED) is 0.584. The molecule has 0 radical (unpaired) electrons. The Balaban J connectivity index is 1.91. The minimum Gasteiger partial charge on any atom is -0.493 e. The Morgan fingerprint density at radius 3 is 2.57 bits per heavy atom. The number of Topliss-reactive ketones (excluding diaryl/α,β-unsaturated/α-hetero) is 1. The van der Waals surface area contributed by atoms with Crippen LogP contribution in [0.1, 0.15) is 59.8 Å². The third-order valence-electron chi connectivity index (χ3n) is 8.41. The first-order valence-corrected chi connectivity index (χ1v) is 10.3. The molecule has 0 heterocycles. The van der Waals surface area contributed by atoms with Gasteiger partial charge in [-0.15, -0.1) is 0 Å². The summed E-state index contributed by atoms with van der Waals surface area (Å²) in [5.74, 6) is -1.02. The summed E-state index contributed by atoms with van der Waals surface area (Å²) in [6.45, 7) is 9.10. The monoisotopic (exact) mass is 390 g/mol. The maximum atomic E-state index is 12.9. The van der Waals surface area contributed by atoms with Crippen LogP contribution in [0, 0.1) is 28.6 Å². The Hall–Kier alpha value is -1.62. The van der Waals surface area contributed by atoms with E-state index in [0.29, 0.717) is 18.3 Å². The van der Waals surface area contributed by atoms with Gasteiger partial charge in [0.2, 0.25) is 5.78 Å². The molecule has 0 amide bonds. The summed E-state index contributed by atoms with van der Waals surface area (Å²) >= 11 is 0. The summed E-state index contributed by atoms with van der Waals surface area (Å²) < 4.78 is 9.97. The second-order valence-corrected chi connectivity index (χ2v) is 9.58. The molecule has 0 spiro atoms. The van der Waals surface area contributed by atoms with Crippen molar-refractivity contribution in [1.29, 1.82) is 0 Å². The van der Waals surface area contributed by atoms with E-state index in [1.54, 1.807) is 0 Å². The Morgan fingerprint density at radius 2 is 1.96 bits per heavy atom. The van der Waals surface area contributed by atoms with Gasteiger partial charge in [0.05, 0.1) is 20.1 Å². The molecule has 0 saturated heterocycles. The Kier molecular flexibility index (Phi) is 5.28. The molecule has 0 aromatic heterocycles. The predicted octanol–water partition coefficient (Wildman–Crippen LogP) is 3.81. The predicted molar refractivity (Wildman–Crippen MR) is 106 cm³/mol. The summed E-state index contributed by atoms with van der Waals surface area (Å²) in [7, 11) is 2.62. The van der Waals surface area contributed by atoms with Crippen molar-refractivity contribution in [2.45, 2.75) is 65.4 Å². The zero-order chi connectivity index (χ0) is 20.9. The number of ether oxygens (including phenoxy) is 2. The van der Waals surface area contributed by atoms with Crippen molar-refractivity contribution in [3.05, 3.63) is 23.5 Å². The second kappa shape index (κ2) is 7.01. The lowest BCUT2D eigenvalue weighted by molar-refractivity contribution is -0.165. The van der Waals surface area contributed by atoms with Crippen LogP contribution < -0.4 is 0 Å². The number of allylic oxidation sites excluding steroid dienone is 3. The third kappa shape index (κ3) is 2.94. The van der Waals surface area contributed by atoms with Crippen LogP contribution in [-0.2, 0) is 19.1 Å². The molecule has 156 valence electrons. The lowest BCUT2D eigenvalue weighted by Gasteiger charge is -2.56. The first-order valence-electron chi connectivity index (χ1n) is 10.3. The maximum absolute atomic E-state index is 12.9. The summed E-state index contributed by atoms with van der Waals surface area (Å²) in [5, 5.41) is 11.1. The number of fused-ring (bicyclic) bond motifs is 1. The number of hydrogen-bond acceptors (Lipinski definition) is 5. The molecule has 5 heteroatoms. The molecule has 0 aromatic rings. The Bertz CT molecular complexity index is 737. The highest BCUT2D eigenvalue weighted by Crippen LogP contribution is 2.61. The first kappa shape index (κ1) is 21.1. The van der Waals surface area contributed by atoms with Crippen LogP contribution in [0.2, 0.25) is 0 Å². The minimum absolute atomic E-state index is 0.0474. The van der Waals surface area contributed by atoms with Crippen molar-refractivity contribution in [1.82, 2.24) is 0 Å². The van der Waals surface area contributed by atoms with Crippen molar-refractivity contribution >= 4 is 11.8 Å². The molecular weight excluding hydrogens is 356 g/mol. The van der Waals surface area contributed by atoms with E-state index in [-0.39, 0.29) is 22.4 Å². The molecule has 0 aliphatic heterocycles. The fourth-order valence-electron chi connectivity index (χ4n) is 6.04. The van der Waals surface area contributed by atoms with Crippen molar-refractivity contribution in [2.75, 3.05) is 14.2 Å². The minimum atomic E-state index is -1.96. The van der Waals surface area contributed by atoms with Gasteiger partial charge < -0.3 is 14.6 Å². The lowest BCUT2D eigenvalue weighted by Crippen LogP contribution is -2.51. The van der Waals surface area contributed by atoms with Gasteiger partial charge in [-0.05, 0) is 61.7 Å². The van der Waals surface area contributed by atoms with Crippen LogP contribution in [0.4, 0.5) is 0 Å². The number of methoxy groups -OCH3 is 2. The SMILES string of the molecule is COC(=O)[C@@]1(O)C=C(OC)C(=O)[C@@H]1C[C@@]1(C)CC[C@]2(C)C(C)=CCC[C@H]2[C@H]1C. The van der Waals surface area contributed by atoms with E-state index in [2.05, 4.69) is 33.8 Å². The van der Waals surface area contributed by atoms with Gasteiger partial charge in [-0.2, -0.15) is 0 Å². The first-order chi connectivity index (χ1) is 13.0. The maximum Gasteiger partial charge on any atom is 0.342 e. The van der Waals surface area contributed by atoms with Crippen molar-refractivity contribution in [3.8, 4) is 0 Å². The summed E-state index contributed by atoms with van der Waals surface area (Å²) in [6, 6.07) is 0. The summed E-state index contributed by atoms with van der Waals surface area (Å²) in [6.07, 6.45) is 8.30. The fraction of sp³-hybridized carbons (Fsp3) is 0.739. The van der Waals surface area contributed by atoms with E-state index in [4.69, 9.17) is 9.47 Å². The number of ketones is 1. The number of rotatable bonds is 4. The fourth-order valence-corrected chi connectivity index (χ4v) is 6.04. The molecule has 0 unspecified atom stereocenters. The van der Waals surface area contributed by atoms with Gasteiger partial charge in [0.1, 0.15) is 0 Å². The molecule has 0 aromatic carbocycles. The second-order valence-electron chi connectivity index (χ2n) is 9.58. The lowest BCUT2D eigenvalue weighted by atomic mass is 9.48. The van der Waals surface area contributed by atoms with Crippen LogP contribution in [0.15, 0.2) is 23.5 Å². The highest BCUT2D eigenvalue weighted by Gasteiger charge is 2.58.